The van der Waals surface area contributed by atoms with Crippen LogP contribution in [0.5, 0.6) is 11.5 Å². The first-order valence-electron chi connectivity index (χ1n) is 18.3. The molecule has 0 radical (unpaired) electrons. The van der Waals surface area contributed by atoms with Crippen LogP contribution < -0.4 is 9.47 Å². The molecule has 3 unspecified atom stereocenters. The summed E-state index contributed by atoms with van der Waals surface area (Å²) in [5.74, 6) is -6.12. The number of methoxy groups -OCH3 is 2. The maximum Gasteiger partial charge on any atom is 0.161 e. The van der Waals surface area contributed by atoms with Crippen LogP contribution in [0.15, 0.2) is 12.1 Å². The van der Waals surface area contributed by atoms with Crippen molar-refractivity contribution in [1.82, 2.24) is 4.90 Å². The molecule has 0 bridgehead atoms. The average molecular weight is 357 g/mol. The number of fused-ring (bicyclic) bond motifs is 3. The number of hydrogen-bond acceptors (Lipinski definition) is 4. The zero-order valence-corrected chi connectivity index (χ0v) is 12.6. The minimum Gasteiger partial charge on any atom is -0.493 e. The van der Waals surface area contributed by atoms with Crippen molar-refractivity contribution in [2.45, 2.75) is 51.8 Å². The van der Waals surface area contributed by atoms with Crippen molar-refractivity contribution in [1.29, 1.82) is 0 Å². The molecule has 0 spiro atoms. The van der Waals surface area contributed by atoms with E-state index in [2.05, 4.69) is 0 Å². The fourth-order valence-electron chi connectivity index (χ4n) is 2.42. The topological polar surface area (TPSA) is 41.9 Å². The summed E-state index contributed by atoms with van der Waals surface area (Å²) in [6.45, 7) is -13.0. The van der Waals surface area contributed by atoms with Gasteiger partial charge in [0.15, 0.2) is 11.5 Å². The molecular weight excluding hydrogens is 302 g/mol. The van der Waals surface area contributed by atoms with Crippen molar-refractivity contribution in [2.24, 2.45) is 11.3 Å². The lowest BCUT2D eigenvalue weighted by molar-refractivity contribution is -0.0259. The van der Waals surface area contributed by atoms with Gasteiger partial charge in [0.05, 0.1) is 31.1 Å². The van der Waals surface area contributed by atoms with Gasteiger partial charge in [-0.15, -0.1) is 0 Å². The van der Waals surface area contributed by atoms with Crippen LogP contribution in [0.25, 0.3) is 0 Å². The first kappa shape index (κ1) is 4.72. The molecule has 2 aliphatic rings. The first-order valence-corrected chi connectivity index (χ1v) is 6.81. The van der Waals surface area contributed by atoms with Crippen molar-refractivity contribution in [3.05, 3.63) is 23.3 Å². The van der Waals surface area contributed by atoms with Crippen molar-refractivity contribution in [2.75, 3.05) is 27.1 Å². The van der Waals surface area contributed by atoms with Crippen molar-refractivity contribution >= 4 is 0 Å². The minimum atomic E-state index is -4.37. The molecule has 134 valence electrons. The normalized spacial score (nSPS) is 59.7. The number of piperidine rings is 1. The average Bonchev–Trinajstić information content (AvgIpc) is 2.81. The van der Waals surface area contributed by atoms with Crippen LogP contribution in [0, 0.1) is 11.3 Å². The fourth-order valence-corrected chi connectivity index (χ4v) is 2.42. The van der Waals surface area contributed by atoms with Crippen LogP contribution in [-0.2, 0) is 6.37 Å². The van der Waals surface area contributed by atoms with Crippen molar-refractivity contribution in [3.63, 3.8) is 0 Å². The Morgan fingerprint density at radius 2 is 2.17 bits per heavy atom. The van der Waals surface area contributed by atoms with E-state index in [1.54, 1.807) is 0 Å². The number of aryl methyl sites for hydroxylation is 1. The molecule has 0 saturated carbocycles. The summed E-state index contributed by atoms with van der Waals surface area (Å²) in [7, 11) is -6.73. The van der Waals surface area contributed by atoms with Gasteiger partial charge in [0.1, 0.15) is 0 Å². The molecule has 4 nitrogen and oxygen atoms in total. The van der Waals surface area contributed by atoms with Gasteiger partial charge in [0.2, 0.25) is 0 Å². The summed E-state index contributed by atoms with van der Waals surface area (Å²) in [5, 5.41) is 11.6. The zero-order valence-electron chi connectivity index (χ0n) is 35.6. The van der Waals surface area contributed by atoms with Gasteiger partial charge in [-0.05, 0) is 53.7 Å². The van der Waals surface area contributed by atoms with Gasteiger partial charge in [0.25, 0.3) is 0 Å². The van der Waals surface area contributed by atoms with Crippen LogP contribution >= 0.6 is 0 Å². The van der Waals surface area contributed by atoms with E-state index in [9.17, 15) is 6.48 Å². The Bertz CT molecular complexity index is 1390. The number of hydrogen-bond donors (Lipinski definition) is 1. The van der Waals surface area contributed by atoms with E-state index >= 15 is 0 Å². The standard InChI is InChI=1S/C20H31NO3/c1-20(2,3)11-14-12-21-7-6-13-8-18(23-4)19(24-5)9-15(13)16(21)10-17(14)22/h8-9,14,16-17,22H,6-7,10-12H2,1-5H3/i1D3,2D3,4D3,5D3,6D2,7D2,10D2,11D2,14D,16D,17D. The monoisotopic (exact) mass is 356 g/mol. The molecule has 0 amide bonds. The molecule has 24 heavy (non-hydrogen) atoms. The fraction of sp³-hybridized carbons (Fsp3) is 0.700. The lowest BCUT2D eigenvalue weighted by Gasteiger charge is -2.47. The maximum absolute atomic E-state index is 11.6. The molecular formula is C20H31NO3. The van der Waals surface area contributed by atoms with Crippen LogP contribution in [0.4, 0.5) is 0 Å². The van der Waals surface area contributed by atoms with E-state index in [0.717, 1.165) is 0 Å². The summed E-state index contributed by atoms with van der Waals surface area (Å²) in [4.78, 5) is -0.126. The molecule has 2 heterocycles. The summed E-state index contributed by atoms with van der Waals surface area (Å²) in [6, 6.07) is -2.81. The number of aliphatic hydroxyl groups is 1. The van der Waals surface area contributed by atoms with Gasteiger partial charge in [-0.2, -0.15) is 0 Å². The van der Waals surface area contributed by atoms with Crippen LogP contribution in [0.3, 0.4) is 0 Å². The minimum absolute atomic E-state index is 0.126. The highest BCUT2D eigenvalue weighted by atomic mass is 16.5. The Kier molecular flexibility index (Phi) is 1.29. The smallest absolute Gasteiger partial charge is 0.161 e. The number of ether oxygens (including phenoxy) is 2. The second kappa shape index (κ2) is 6.57. The maximum atomic E-state index is 11.6. The highest BCUT2D eigenvalue weighted by Gasteiger charge is 2.39. The summed E-state index contributed by atoms with van der Waals surface area (Å²) in [5.41, 5.74) is -5.81. The Labute approximate surface area is 178 Å². The van der Waals surface area contributed by atoms with Gasteiger partial charge in [-0.3, -0.25) is 4.90 Å². The molecule has 1 aromatic carbocycles. The third kappa shape index (κ3) is 3.40. The first-order chi connectivity index (χ1) is 20.2. The molecule has 2 aliphatic heterocycles. The second-order valence-electron chi connectivity index (χ2n) is 5.42. The Hall–Kier alpha value is -1.26. The van der Waals surface area contributed by atoms with Gasteiger partial charge in [-0.25, -0.2) is 0 Å². The molecule has 3 rings (SSSR count). The Morgan fingerprint density at radius 3 is 2.88 bits per heavy atom. The Morgan fingerprint density at radius 1 is 1.42 bits per heavy atom. The van der Waals surface area contributed by atoms with Crippen molar-refractivity contribution < 1.29 is 46.1 Å². The van der Waals surface area contributed by atoms with Crippen LogP contribution in [-0.4, -0.2) is 43.2 Å². The SMILES string of the molecule is [2H]C([2H])([2H])Oc1cc2c(cc1OC([2H])([2H])[2H])C1([2H])N(CC([2H])(C([2H])([2H])C(C)(C([2H])([2H])[2H])C([2H])([2H])[2H])C([2H])(O)C1([2H])[2H])C([2H])([2H])C2([2H])[2H]. The van der Waals surface area contributed by atoms with Crippen LogP contribution in [0.1, 0.15) is 82.0 Å². The number of rotatable bonds is 3. The zero-order chi connectivity index (χ0) is 37.4. The molecule has 0 aliphatic carbocycles. The van der Waals surface area contributed by atoms with Gasteiger partial charge in [-0.1, -0.05) is 20.6 Å². The summed E-state index contributed by atoms with van der Waals surface area (Å²) < 4.78 is 198. The van der Waals surface area contributed by atoms with E-state index in [1.165, 1.54) is 0 Å². The highest BCUT2D eigenvalue weighted by Crippen LogP contribution is 2.44. The van der Waals surface area contributed by atoms with E-state index in [1.807, 2.05) is 0 Å². The number of benzene rings is 1. The van der Waals surface area contributed by atoms with E-state index in [-0.39, 0.29) is 4.90 Å². The van der Waals surface area contributed by atoms with Crippen LogP contribution in [0.2, 0.25) is 0 Å². The second-order valence-corrected chi connectivity index (χ2v) is 5.42. The highest BCUT2D eigenvalue weighted by molar-refractivity contribution is 5.49. The molecule has 1 fully saturated rings. The lowest BCUT2D eigenvalue weighted by atomic mass is 9.75. The van der Waals surface area contributed by atoms with Gasteiger partial charge < -0.3 is 14.6 Å². The molecule has 1 saturated heterocycles. The lowest BCUT2D eigenvalue weighted by Crippen LogP contribution is -2.48. The predicted molar refractivity (Wildman–Crippen MR) is 95.7 cm³/mol. The largest absolute Gasteiger partial charge is 0.493 e. The van der Waals surface area contributed by atoms with Crippen molar-refractivity contribution in [3.8, 4) is 11.5 Å². The Balaban J connectivity index is 2.54. The molecule has 4 heteroatoms. The quantitative estimate of drug-likeness (QED) is 0.901. The summed E-state index contributed by atoms with van der Waals surface area (Å²) >= 11 is 0. The number of nitrogens with zero attached hydrogens (tertiary/aromatic N) is 1. The molecule has 1 aromatic rings. The van der Waals surface area contributed by atoms with Gasteiger partial charge in [0, 0.05) is 39.6 Å². The van der Waals surface area contributed by atoms with E-state index in [4.69, 9.17) is 39.6 Å². The third-order valence-electron chi connectivity index (χ3n) is 3.39. The molecule has 0 aromatic heterocycles. The predicted octanol–water partition coefficient (Wildman–Crippen LogP) is 3.42. The summed E-state index contributed by atoms with van der Waals surface area (Å²) in [6.07, 6.45) is -16.3. The third-order valence-corrected chi connectivity index (χ3v) is 3.39. The molecule has 3 atom stereocenters. The molecule has 1 N–H and O–H groups in total. The van der Waals surface area contributed by atoms with E-state index < -0.39 is 106 Å². The van der Waals surface area contributed by atoms with E-state index in [0.29, 0.717) is 19.1 Å². The van der Waals surface area contributed by atoms with Gasteiger partial charge >= 0.3 is 0 Å².